The lowest BCUT2D eigenvalue weighted by Crippen LogP contribution is -1.95. The number of hydrogen-bond donors (Lipinski definition) is 2. The summed E-state index contributed by atoms with van der Waals surface area (Å²) in [7, 11) is 0. The van der Waals surface area contributed by atoms with Crippen molar-refractivity contribution in [1.29, 1.82) is 10.5 Å². The highest BCUT2D eigenvalue weighted by Crippen LogP contribution is 2.16. The molecule has 0 spiro atoms. The summed E-state index contributed by atoms with van der Waals surface area (Å²) in [6.07, 6.45) is 4.44. The van der Waals surface area contributed by atoms with Crippen LogP contribution in [0.25, 0.3) is 0 Å². The van der Waals surface area contributed by atoms with Crippen LogP contribution in [0, 0.1) is 42.4 Å². The number of nitriles is 2. The van der Waals surface area contributed by atoms with Crippen LogP contribution in [0.4, 0.5) is 0 Å². The van der Waals surface area contributed by atoms with Gasteiger partial charge in [0, 0.05) is 36.3 Å². The van der Waals surface area contributed by atoms with Crippen LogP contribution in [-0.2, 0) is 12.8 Å². The minimum absolute atomic E-state index is 0.110. The van der Waals surface area contributed by atoms with E-state index in [9.17, 15) is 0 Å². The monoisotopic (exact) mass is 326 g/mol. The Morgan fingerprint density at radius 1 is 1.12 bits per heavy atom. The SMILES string of the molecule is CCc1nc(C(C)C#N)c(C)[nH]1.Cc1cnc(CCC(C)C#N)[nH]1. The zero-order valence-corrected chi connectivity index (χ0v) is 15.1. The fraction of sp³-hybridized carbons (Fsp3) is 0.556. The third kappa shape index (κ3) is 5.89. The topological polar surface area (TPSA) is 105 Å². The Labute approximate surface area is 144 Å². The molecule has 0 aliphatic heterocycles. The first-order valence-corrected chi connectivity index (χ1v) is 8.26. The quantitative estimate of drug-likeness (QED) is 0.873. The Bertz CT molecular complexity index is 713. The molecule has 2 rings (SSSR count). The molecule has 0 aromatic carbocycles. The van der Waals surface area contributed by atoms with Gasteiger partial charge in [-0.2, -0.15) is 10.5 Å². The van der Waals surface area contributed by atoms with Crippen LogP contribution in [0.15, 0.2) is 6.20 Å². The number of imidazole rings is 2. The van der Waals surface area contributed by atoms with E-state index in [1.807, 2.05) is 40.8 Å². The Morgan fingerprint density at radius 2 is 1.83 bits per heavy atom. The van der Waals surface area contributed by atoms with Crippen LogP contribution in [0.5, 0.6) is 0 Å². The van der Waals surface area contributed by atoms with Crippen molar-refractivity contribution in [3.8, 4) is 12.1 Å². The van der Waals surface area contributed by atoms with Crippen molar-refractivity contribution in [1.82, 2.24) is 19.9 Å². The number of hydrogen-bond acceptors (Lipinski definition) is 4. The molecule has 0 aliphatic rings. The van der Waals surface area contributed by atoms with E-state index in [1.165, 1.54) is 0 Å². The number of aromatic nitrogens is 4. The van der Waals surface area contributed by atoms with E-state index in [0.717, 1.165) is 48.0 Å². The zero-order valence-electron chi connectivity index (χ0n) is 15.1. The van der Waals surface area contributed by atoms with Crippen LogP contribution in [-0.4, -0.2) is 19.9 Å². The minimum atomic E-state index is -0.110. The third-order valence-corrected chi connectivity index (χ3v) is 3.70. The number of aryl methyl sites for hydroxylation is 4. The van der Waals surface area contributed by atoms with Gasteiger partial charge in [0.1, 0.15) is 11.6 Å². The van der Waals surface area contributed by atoms with Gasteiger partial charge in [0.25, 0.3) is 0 Å². The molecule has 0 fully saturated rings. The second-order valence-corrected chi connectivity index (χ2v) is 5.98. The Morgan fingerprint density at radius 3 is 2.29 bits per heavy atom. The molecule has 0 radical (unpaired) electrons. The molecule has 24 heavy (non-hydrogen) atoms. The fourth-order valence-corrected chi connectivity index (χ4v) is 2.20. The van der Waals surface area contributed by atoms with Crippen LogP contribution >= 0.6 is 0 Å². The highest BCUT2D eigenvalue weighted by molar-refractivity contribution is 5.22. The van der Waals surface area contributed by atoms with Gasteiger partial charge in [0.2, 0.25) is 0 Å². The molecule has 128 valence electrons. The number of nitrogens with zero attached hydrogens (tertiary/aromatic N) is 4. The first-order chi connectivity index (χ1) is 11.4. The number of aromatic amines is 2. The lowest BCUT2D eigenvalue weighted by Gasteiger charge is -1.98. The minimum Gasteiger partial charge on any atom is -0.346 e. The fourth-order valence-electron chi connectivity index (χ4n) is 2.20. The van der Waals surface area contributed by atoms with Crippen molar-refractivity contribution in [2.75, 3.05) is 0 Å². The second kappa shape index (κ2) is 9.52. The lowest BCUT2D eigenvalue weighted by atomic mass is 10.1. The summed E-state index contributed by atoms with van der Waals surface area (Å²) in [6, 6.07) is 4.38. The normalized spacial score (nSPS) is 12.5. The van der Waals surface area contributed by atoms with Gasteiger partial charge in [-0.1, -0.05) is 6.92 Å². The number of rotatable bonds is 5. The van der Waals surface area contributed by atoms with Gasteiger partial charge in [-0.05, 0) is 34.1 Å². The van der Waals surface area contributed by atoms with Gasteiger partial charge in [-0.3, -0.25) is 0 Å². The van der Waals surface area contributed by atoms with E-state index in [2.05, 4.69) is 32.1 Å². The van der Waals surface area contributed by atoms with E-state index in [1.54, 1.807) is 0 Å². The molecule has 2 unspecified atom stereocenters. The molecule has 2 atom stereocenters. The molecule has 0 aliphatic carbocycles. The van der Waals surface area contributed by atoms with Gasteiger partial charge in [-0.15, -0.1) is 0 Å². The number of H-pyrrole nitrogens is 2. The largest absolute Gasteiger partial charge is 0.346 e. The molecule has 2 aromatic heterocycles. The van der Waals surface area contributed by atoms with Crippen molar-refractivity contribution >= 4 is 0 Å². The lowest BCUT2D eigenvalue weighted by molar-refractivity contribution is 0.645. The molecule has 6 heteroatoms. The summed E-state index contributed by atoms with van der Waals surface area (Å²) in [5, 5.41) is 17.2. The van der Waals surface area contributed by atoms with Crippen molar-refractivity contribution in [3.05, 3.63) is 34.9 Å². The molecule has 0 bridgehead atoms. The summed E-state index contributed by atoms with van der Waals surface area (Å²) < 4.78 is 0. The summed E-state index contributed by atoms with van der Waals surface area (Å²) in [4.78, 5) is 14.8. The molecular weight excluding hydrogens is 300 g/mol. The average molecular weight is 326 g/mol. The van der Waals surface area contributed by atoms with Crippen molar-refractivity contribution in [2.45, 2.75) is 59.8 Å². The van der Waals surface area contributed by atoms with Gasteiger partial charge < -0.3 is 9.97 Å². The molecule has 0 saturated carbocycles. The van der Waals surface area contributed by atoms with E-state index in [4.69, 9.17) is 10.5 Å². The van der Waals surface area contributed by atoms with E-state index < -0.39 is 0 Å². The number of nitrogens with one attached hydrogen (secondary N) is 2. The molecule has 2 heterocycles. The molecule has 2 N–H and O–H groups in total. The van der Waals surface area contributed by atoms with Gasteiger partial charge in [-0.25, -0.2) is 9.97 Å². The second-order valence-electron chi connectivity index (χ2n) is 5.98. The summed E-state index contributed by atoms with van der Waals surface area (Å²) >= 11 is 0. The molecule has 2 aromatic rings. The van der Waals surface area contributed by atoms with Crippen LogP contribution < -0.4 is 0 Å². The predicted octanol–water partition coefficient (Wildman–Crippen LogP) is 3.72. The highest BCUT2D eigenvalue weighted by atomic mass is 14.9. The summed E-state index contributed by atoms with van der Waals surface area (Å²) in [6.45, 7) is 9.76. The van der Waals surface area contributed by atoms with Crippen LogP contribution in [0.3, 0.4) is 0 Å². The Balaban J connectivity index is 0.000000240. The smallest absolute Gasteiger partial charge is 0.106 e. The van der Waals surface area contributed by atoms with Crippen molar-refractivity contribution < 1.29 is 0 Å². The van der Waals surface area contributed by atoms with Gasteiger partial charge >= 0.3 is 0 Å². The summed E-state index contributed by atoms with van der Waals surface area (Å²) in [5.74, 6) is 1.95. The standard InChI is InChI=1S/2C9H13N3/c1-7(5-10)3-4-9-11-6-8(2)12-9;1-4-8-11-7(3)9(12-8)6(2)5-10/h6-7H,3-4H2,1-2H3,(H,11,12);6H,4H2,1-3H3,(H,11,12). The third-order valence-electron chi connectivity index (χ3n) is 3.70. The maximum Gasteiger partial charge on any atom is 0.106 e. The first-order valence-electron chi connectivity index (χ1n) is 8.26. The maximum absolute atomic E-state index is 8.69. The van der Waals surface area contributed by atoms with Gasteiger partial charge in [0.15, 0.2) is 0 Å². The van der Waals surface area contributed by atoms with Crippen molar-refractivity contribution in [2.24, 2.45) is 5.92 Å². The Kier molecular flexibility index (Phi) is 7.71. The van der Waals surface area contributed by atoms with Crippen molar-refractivity contribution in [3.63, 3.8) is 0 Å². The van der Waals surface area contributed by atoms with E-state index in [-0.39, 0.29) is 11.8 Å². The van der Waals surface area contributed by atoms with E-state index in [0.29, 0.717) is 0 Å². The summed E-state index contributed by atoms with van der Waals surface area (Å²) in [5.41, 5.74) is 2.98. The first kappa shape index (κ1) is 19.4. The molecule has 6 nitrogen and oxygen atoms in total. The molecular formula is C18H26N6. The van der Waals surface area contributed by atoms with Crippen LogP contribution in [0.2, 0.25) is 0 Å². The average Bonchev–Trinajstić information content (AvgIpc) is 3.17. The highest BCUT2D eigenvalue weighted by Gasteiger charge is 2.11. The van der Waals surface area contributed by atoms with Crippen LogP contribution in [0.1, 0.15) is 61.8 Å². The molecule has 0 amide bonds. The van der Waals surface area contributed by atoms with E-state index >= 15 is 0 Å². The maximum atomic E-state index is 8.69. The molecule has 0 saturated heterocycles. The van der Waals surface area contributed by atoms with Gasteiger partial charge in [0.05, 0.1) is 23.8 Å². The Hall–Kier alpha value is -2.60. The zero-order chi connectivity index (χ0) is 18.1. The predicted molar refractivity (Wildman–Crippen MR) is 93.2 cm³/mol.